The Morgan fingerprint density at radius 1 is 1.32 bits per heavy atom. The van der Waals surface area contributed by atoms with E-state index in [2.05, 4.69) is 46.5 Å². The van der Waals surface area contributed by atoms with E-state index in [0.29, 0.717) is 0 Å². The number of rotatable bonds is 3. The summed E-state index contributed by atoms with van der Waals surface area (Å²) >= 11 is 0. The third kappa shape index (κ3) is 2.52. The molecular weight excluding hydrogens is 234 g/mol. The summed E-state index contributed by atoms with van der Waals surface area (Å²) in [6.45, 7) is 8.11. The second-order valence-electron chi connectivity index (χ2n) is 5.70. The van der Waals surface area contributed by atoms with E-state index in [1.807, 2.05) is 6.20 Å². The second kappa shape index (κ2) is 5.33. The molecule has 0 spiro atoms. The van der Waals surface area contributed by atoms with Gasteiger partial charge in [0.15, 0.2) is 0 Å². The zero-order valence-corrected chi connectivity index (χ0v) is 12.0. The van der Waals surface area contributed by atoms with Gasteiger partial charge < -0.3 is 9.30 Å². The minimum absolute atomic E-state index is 0.800. The SMILES string of the molecule is CCN1CCC(Cc2ncc3c(C)cccn23)CC1. The zero-order valence-electron chi connectivity index (χ0n) is 12.0. The third-order valence-corrected chi connectivity index (χ3v) is 4.48. The molecule has 0 unspecified atom stereocenters. The van der Waals surface area contributed by atoms with E-state index in [0.717, 1.165) is 12.3 Å². The van der Waals surface area contributed by atoms with Gasteiger partial charge in [0.1, 0.15) is 5.82 Å². The summed E-state index contributed by atoms with van der Waals surface area (Å²) in [4.78, 5) is 7.18. The van der Waals surface area contributed by atoms with Crippen molar-refractivity contribution in [1.29, 1.82) is 0 Å². The van der Waals surface area contributed by atoms with Crippen LogP contribution >= 0.6 is 0 Å². The maximum atomic E-state index is 4.64. The Labute approximate surface area is 115 Å². The van der Waals surface area contributed by atoms with Crippen molar-refractivity contribution in [1.82, 2.24) is 14.3 Å². The predicted molar refractivity (Wildman–Crippen MR) is 78.5 cm³/mol. The van der Waals surface area contributed by atoms with Gasteiger partial charge in [-0.1, -0.05) is 13.0 Å². The van der Waals surface area contributed by atoms with Gasteiger partial charge in [0.25, 0.3) is 0 Å². The van der Waals surface area contributed by atoms with Crippen LogP contribution in [0, 0.1) is 12.8 Å². The molecule has 1 fully saturated rings. The van der Waals surface area contributed by atoms with Crippen molar-refractivity contribution in [3.63, 3.8) is 0 Å². The van der Waals surface area contributed by atoms with E-state index < -0.39 is 0 Å². The van der Waals surface area contributed by atoms with E-state index in [-0.39, 0.29) is 0 Å². The van der Waals surface area contributed by atoms with E-state index in [1.165, 1.54) is 49.4 Å². The summed E-state index contributed by atoms with van der Waals surface area (Å²) in [5.74, 6) is 2.03. The van der Waals surface area contributed by atoms with Crippen molar-refractivity contribution in [2.45, 2.75) is 33.1 Å². The predicted octanol–water partition coefficient (Wildman–Crippen LogP) is 2.92. The smallest absolute Gasteiger partial charge is 0.113 e. The van der Waals surface area contributed by atoms with Gasteiger partial charge in [-0.15, -0.1) is 0 Å². The molecule has 0 N–H and O–H groups in total. The van der Waals surface area contributed by atoms with Crippen LogP contribution in [0.3, 0.4) is 0 Å². The van der Waals surface area contributed by atoms with Crippen molar-refractivity contribution in [2.24, 2.45) is 5.92 Å². The maximum Gasteiger partial charge on any atom is 0.113 e. The number of hydrogen-bond donors (Lipinski definition) is 0. The lowest BCUT2D eigenvalue weighted by Gasteiger charge is -2.30. The van der Waals surface area contributed by atoms with Crippen LogP contribution in [-0.2, 0) is 6.42 Å². The molecule has 0 atom stereocenters. The molecular formula is C16H23N3. The first kappa shape index (κ1) is 12.7. The topological polar surface area (TPSA) is 20.5 Å². The lowest BCUT2D eigenvalue weighted by Crippen LogP contribution is -2.34. The number of hydrogen-bond acceptors (Lipinski definition) is 2. The minimum Gasteiger partial charge on any atom is -0.304 e. The van der Waals surface area contributed by atoms with Gasteiger partial charge in [-0.25, -0.2) is 4.98 Å². The summed E-state index contributed by atoms with van der Waals surface area (Å²) in [6.07, 6.45) is 7.91. The monoisotopic (exact) mass is 257 g/mol. The van der Waals surface area contributed by atoms with E-state index in [4.69, 9.17) is 0 Å². The van der Waals surface area contributed by atoms with Crippen LogP contribution in [0.2, 0.25) is 0 Å². The molecule has 0 aromatic carbocycles. The minimum atomic E-state index is 0.800. The average molecular weight is 257 g/mol. The molecule has 2 aromatic rings. The molecule has 3 heteroatoms. The number of aryl methyl sites for hydroxylation is 1. The normalized spacial score (nSPS) is 18.2. The van der Waals surface area contributed by atoms with Crippen LogP contribution < -0.4 is 0 Å². The van der Waals surface area contributed by atoms with Crippen molar-refractivity contribution in [3.05, 3.63) is 35.9 Å². The molecule has 0 radical (unpaired) electrons. The van der Waals surface area contributed by atoms with Crippen LogP contribution in [0.15, 0.2) is 24.5 Å². The first-order valence-electron chi connectivity index (χ1n) is 7.42. The number of pyridine rings is 1. The molecule has 1 aliphatic rings. The van der Waals surface area contributed by atoms with Gasteiger partial charge >= 0.3 is 0 Å². The van der Waals surface area contributed by atoms with Gasteiger partial charge in [0.05, 0.1) is 11.7 Å². The first-order valence-corrected chi connectivity index (χ1v) is 7.42. The fourth-order valence-electron chi connectivity index (χ4n) is 3.13. The summed E-state index contributed by atoms with van der Waals surface area (Å²) < 4.78 is 2.27. The Morgan fingerprint density at radius 3 is 2.84 bits per heavy atom. The fraction of sp³-hybridized carbons (Fsp3) is 0.562. The van der Waals surface area contributed by atoms with Gasteiger partial charge in [0, 0.05) is 12.6 Å². The quantitative estimate of drug-likeness (QED) is 0.842. The summed E-state index contributed by atoms with van der Waals surface area (Å²) in [7, 11) is 0. The molecule has 102 valence electrons. The van der Waals surface area contributed by atoms with Crippen molar-refractivity contribution >= 4 is 5.52 Å². The molecule has 1 aliphatic heterocycles. The van der Waals surface area contributed by atoms with Gasteiger partial charge in [-0.2, -0.15) is 0 Å². The highest BCUT2D eigenvalue weighted by Crippen LogP contribution is 2.22. The Morgan fingerprint density at radius 2 is 2.11 bits per heavy atom. The van der Waals surface area contributed by atoms with Crippen LogP contribution in [0.5, 0.6) is 0 Å². The Hall–Kier alpha value is -1.35. The number of nitrogens with zero attached hydrogens (tertiary/aromatic N) is 3. The Kier molecular flexibility index (Phi) is 3.56. The number of aromatic nitrogens is 2. The van der Waals surface area contributed by atoms with Gasteiger partial charge in [0.2, 0.25) is 0 Å². The van der Waals surface area contributed by atoms with Crippen molar-refractivity contribution in [2.75, 3.05) is 19.6 Å². The summed E-state index contributed by atoms with van der Waals surface area (Å²) in [5.41, 5.74) is 2.56. The molecule has 3 heterocycles. The average Bonchev–Trinajstić information content (AvgIpc) is 2.84. The summed E-state index contributed by atoms with van der Waals surface area (Å²) in [5, 5.41) is 0. The van der Waals surface area contributed by atoms with Crippen molar-refractivity contribution in [3.8, 4) is 0 Å². The van der Waals surface area contributed by atoms with Crippen LogP contribution in [0.25, 0.3) is 5.52 Å². The standard InChI is InChI=1S/C16H23N3/c1-3-18-9-6-14(7-10-18)11-16-17-12-15-13(2)5-4-8-19(15)16/h4-5,8,12,14H,3,6-7,9-11H2,1-2H3. The number of piperidine rings is 1. The van der Waals surface area contributed by atoms with Crippen LogP contribution in [0.4, 0.5) is 0 Å². The molecule has 3 nitrogen and oxygen atoms in total. The molecule has 1 saturated heterocycles. The first-order chi connectivity index (χ1) is 9.28. The Balaban J connectivity index is 1.74. The second-order valence-corrected chi connectivity index (χ2v) is 5.70. The highest BCUT2D eigenvalue weighted by Gasteiger charge is 2.20. The number of likely N-dealkylation sites (tertiary alicyclic amines) is 1. The highest BCUT2D eigenvalue weighted by molar-refractivity contribution is 5.53. The number of imidazole rings is 1. The molecule has 0 bridgehead atoms. The third-order valence-electron chi connectivity index (χ3n) is 4.48. The fourth-order valence-corrected chi connectivity index (χ4v) is 3.13. The lowest BCUT2D eigenvalue weighted by molar-refractivity contribution is 0.191. The summed E-state index contributed by atoms with van der Waals surface area (Å²) in [6, 6.07) is 4.27. The van der Waals surface area contributed by atoms with E-state index in [9.17, 15) is 0 Å². The lowest BCUT2D eigenvalue weighted by atomic mass is 9.93. The molecule has 0 saturated carbocycles. The van der Waals surface area contributed by atoms with Crippen LogP contribution in [-0.4, -0.2) is 33.9 Å². The Bertz CT molecular complexity index is 550. The van der Waals surface area contributed by atoms with E-state index in [1.54, 1.807) is 0 Å². The van der Waals surface area contributed by atoms with Crippen LogP contribution in [0.1, 0.15) is 31.2 Å². The molecule has 3 rings (SSSR count). The highest BCUT2D eigenvalue weighted by atomic mass is 15.1. The van der Waals surface area contributed by atoms with Gasteiger partial charge in [-0.3, -0.25) is 0 Å². The molecule has 2 aromatic heterocycles. The molecule has 0 amide bonds. The molecule has 0 aliphatic carbocycles. The van der Waals surface area contributed by atoms with Gasteiger partial charge in [-0.05, 0) is 56.9 Å². The maximum absolute atomic E-state index is 4.64. The number of fused-ring (bicyclic) bond motifs is 1. The van der Waals surface area contributed by atoms with Crippen molar-refractivity contribution < 1.29 is 0 Å². The zero-order chi connectivity index (χ0) is 13.2. The molecule has 19 heavy (non-hydrogen) atoms. The largest absolute Gasteiger partial charge is 0.304 e. The van der Waals surface area contributed by atoms with E-state index >= 15 is 0 Å².